The summed E-state index contributed by atoms with van der Waals surface area (Å²) < 4.78 is 0. The molecule has 1 aromatic heterocycles. The predicted octanol–water partition coefficient (Wildman–Crippen LogP) is 2.64. The molecule has 3 heteroatoms. The third kappa shape index (κ3) is 2.15. The van der Waals surface area contributed by atoms with E-state index in [0.717, 1.165) is 18.4 Å². The van der Waals surface area contributed by atoms with Crippen molar-refractivity contribution in [3.63, 3.8) is 0 Å². The van der Waals surface area contributed by atoms with Crippen LogP contribution in [0.3, 0.4) is 0 Å². The molecule has 2 rings (SSSR count). The number of nitrogens with zero attached hydrogens (tertiary/aromatic N) is 1. The number of thiazole rings is 1. The zero-order valence-electron chi connectivity index (χ0n) is 8.70. The minimum atomic E-state index is 0.719. The van der Waals surface area contributed by atoms with E-state index in [1.807, 2.05) is 17.5 Å². The maximum absolute atomic E-state index is 4.46. The van der Waals surface area contributed by atoms with Crippen LogP contribution in [0.1, 0.15) is 37.1 Å². The second kappa shape index (κ2) is 4.89. The number of rotatable bonds is 3. The van der Waals surface area contributed by atoms with Crippen molar-refractivity contribution in [2.45, 2.75) is 32.1 Å². The van der Waals surface area contributed by atoms with Gasteiger partial charge in [0.25, 0.3) is 0 Å². The summed E-state index contributed by atoms with van der Waals surface area (Å²) in [6.45, 7) is 4.61. The fourth-order valence-corrected chi connectivity index (χ4v) is 3.21. The molecule has 0 saturated carbocycles. The van der Waals surface area contributed by atoms with E-state index in [1.165, 1.54) is 30.8 Å². The summed E-state index contributed by atoms with van der Waals surface area (Å²) in [7, 11) is 0. The molecule has 2 heterocycles. The molecular weight excluding hydrogens is 192 g/mol. The van der Waals surface area contributed by atoms with Gasteiger partial charge in [0, 0.05) is 17.5 Å². The Balaban J connectivity index is 2.06. The average Bonchev–Trinajstić information content (AvgIpc) is 2.72. The number of hydrogen-bond acceptors (Lipinski definition) is 3. The van der Waals surface area contributed by atoms with Crippen molar-refractivity contribution in [1.29, 1.82) is 0 Å². The van der Waals surface area contributed by atoms with Gasteiger partial charge >= 0.3 is 0 Å². The first-order chi connectivity index (χ1) is 6.92. The van der Waals surface area contributed by atoms with Gasteiger partial charge in [-0.1, -0.05) is 13.3 Å². The molecule has 1 aromatic rings. The van der Waals surface area contributed by atoms with Crippen LogP contribution in [0.2, 0.25) is 0 Å². The van der Waals surface area contributed by atoms with E-state index in [4.69, 9.17) is 0 Å². The lowest BCUT2D eigenvalue weighted by Crippen LogP contribution is -2.35. The van der Waals surface area contributed by atoms with Gasteiger partial charge in [0.15, 0.2) is 0 Å². The third-order valence-corrected chi connectivity index (χ3v) is 3.94. The van der Waals surface area contributed by atoms with Gasteiger partial charge in [0.05, 0.1) is 5.01 Å². The maximum atomic E-state index is 4.46. The van der Waals surface area contributed by atoms with E-state index >= 15 is 0 Å². The molecule has 0 spiro atoms. The summed E-state index contributed by atoms with van der Waals surface area (Å²) in [5.41, 5.74) is 0. The molecule has 2 atom stereocenters. The van der Waals surface area contributed by atoms with Crippen LogP contribution < -0.4 is 5.32 Å². The summed E-state index contributed by atoms with van der Waals surface area (Å²) in [5.74, 6) is 1.52. The molecule has 1 fully saturated rings. The van der Waals surface area contributed by atoms with Gasteiger partial charge in [-0.2, -0.15) is 0 Å². The van der Waals surface area contributed by atoms with Gasteiger partial charge in [0.2, 0.25) is 0 Å². The van der Waals surface area contributed by atoms with Crippen LogP contribution in [0.25, 0.3) is 0 Å². The number of nitrogens with one attached hydrogen (secondary N) is 1. The van der Waals surface area contributed by atoms with Gasteiger partial charge in [-0.05, 0) is 31.8 Å². The number of hydrogen-bond donors (Lipinski definition) is 1. The lowest BCUT2D eigenvalue weighted by molar-refractivity contribution is 0.306. The first-order valence-electron chi connectivity index (χ1n) is 5.52. The quantitative estimate of drug-likeness (QED) is 0.829. The van der Waals surface area contributed by atoms with Crippen LogP contribution in [-0.2, 0) is 0 Å². The fourth-order valence-electron chi connectivity index (χ4n) is 2.34. The van der Waals surface area contributed by atoms with E-state index in [1.54, 1.807) is 0 Å². The molecule has 2 unspecified atom stereocenters. The third-order valence-electron chi connectivity index (χ3n) is 3.04. The second-order valence-corrected chi connectivity index (χ2v) is 4.94. The summed E-state index contributed by atoms with van der Waals surface area (Å²) in [6.07, 6.45) is 5.81. The Morgan fingerprint density at radius 1 is 1.64 bits per heavy atom. The van der Waals surface area contributed by atoms with Crippen LogP contribution >= 0.6 is 11.3 Å². The van der Waals surface area contributed by atoms with E-state index in [2.05, 4.69) is 22.6 Å². The predicted molar refractivity (Wildman–Crippen MR) is 60.7 cm³/mol. The number of aromatic nitrogens is 1. The lowest BCUT2D eigenvalue weighted by Gasteiger charge is -2.30. The van der Waals surface area contributed by atoms with Crippen molar-refractivity contribution in [3.05, 3.63) is 16.6 Å². The maximum Gasteiger partial charge on any atom is 0.0959 e. The molecule has 1 N–H and O–H groups in total. The van der Waals surface area contributed by atoms with Gasteiger partial charge in [0.1, 0.15) is 0 Å². The highest BCUT2D eigenvalue weighted by Gasteiger charge is 2.27. The largest absolute Gasteiger partial charge is 0.316 e. The van der Waals surface area contributed by atoms with Crippen LogP contribution in [0, 0.1) is 5.92 Å². The SMILES string of the molecule is CCCC1CNCCC1c1nccs1. The van der Waals surface area contributed by atoms with E-state index in [0.29, 0.717) is 0 Å². The van der Waals surface area contributed by atoms with E-state index in [9.17, 15) is 0 Å². The van der Waals surface area contributed by atoms with Gasteiger partial charge < -0.3 is 5.32 Å². The normalized spacial score (nSPS) is 27.8. The summed E-state index contributed by atoms with van der Waals surface area (Å²) in [6, 6.07) is 0. The first-order valence-corrected chi connectivity index (χ1v) is 6.40. The molecule has 1 aliphatic heterocycles. The molecule has 1 saturated heterocycles. The van der Waals surface area contributed by atoms with E-state index < -0.39 is 0 Å². The van der Waals surface area contributed by atoms with Gasteiger partial charge in [-0.25, -0.2) is 4.98 Å². The summed E-state index contributed by atoms with van der Waals surface area (Å²) in [5, 5.41) is 6.94. The highest BCUT2D eigenvalue weighted by atomic mass is 32.1. The molecule has 0 radical (unpaired) electrons. The molecule has 2 nitrogen and oxygen atoms in total. The van der Waals surface area contributed by atoms with Crippen LogP contribution in [-0.4, -0.2) is 18.1 Å². The van der Waals surface area contributed by atoms with Gasteiger partial charge in [-0.3, -0.25) is 0 Å². The minimum absolute atomic E-state index is 0.719. The molecule has 0 bridgehead atoms. The van der Waals surface area contributed by atoms with Crippen molar-refractivity contribution < 1.29 is 0 Å². The average molecular weight is 210 g/mol. The highest BCUT2D eigenvalue weighted by Crippen LogP contribution is 2.33. The Kier molecular flexibility index (Phi) is 3.54. The molecule has 0 aromatic carbocycles. The van der Waals surface area contributed by atoms with Crippen molar-refractivity contribution >= 4 is 11.3 Å². The Hall–Kier alpha value is -0.410. The molecular formula is C11H18N2S. The van der Waals surface area contributed by atoms with Crippen LogP contribution in [0.4, 0.5) is 0 Å². The Morgan fingerprint density at radius 2 is 2.57 bits per heavy atom. The smallest absolute Gasteiger partial charge is 0.0959 e. The lowest BCUT2D eigenvalue weighted by atomic mass is 9.84. The van der Waals surface area contributed by atoms with Crippen molar-refractivity contribution in [1.82, 2.24) is 10.3 Å². The van der Waals surface area contributed by atoms with Crippen molar-refractivity contribution in [2.24, 2.45) is 5.92 Å². The van der Waals surface area contributed by atoms with Crippen molar-refractivity contribution in [2.75, 3.05) is 13.1 Å². The van der Waals surface area contributed by atoms with Crippen LogP contribution in [0.15, 0.2) is 11.6 Å². The summed E-state index contributed by atoms with van der Waals surface area (Å²) >= 11 is 1.82. The zero-order chi connectivity index (χ0) is 9.80. The monoisotopic (exact) mass is 210 g/mol. The summed E-state index contributed by atoms with van der Waals surface area (Å²) in [4.78, 5) is 4.46. The fraction of sp³-hybridized carbons (Fsp3) is 0.727. The number of piperidine rings is 1. The standard InChI is InChI=1S/C11H18N2S/c1-2-3-9-8-12-5-4-10(9)11-13-6-7-14-11/h6-7,9-10,12H,2-5,8H2,1H3. The minimum Gasteiger partial charge on any atom is -0.316 e. The zero-order valence-corrected chi connectivity index (χ0v) is 9.52. The molecule has 78 valence electrons. The Bertz CT molecular complexity index is 256. The van der Waals surface area contributed by atoms with E-state index in [-0.39, 0.29) is 0 Å². The second-order valence-electron chi connectivity index (χ2n) is 4.02. The van der Waals surface area contributed by atoms with Crippen molar-refractivity contribution in [3.8, 4) is 0 Å². The van der Waals surface area contributed by atoms with Crippen LogP contribution in [0.5, 0.6) is 0 Å². The molecule has 1 aliphatic rings. The Morgan fingerprint density at radius 3 is 3.29 bits per heavy atom. The Labute approximate surface area is 89.8 Å². The molecule has 14 heavy (non-hydrogen) atoms. The first kappa shape index (κ1) is 10.1. The van der Waals surface area contributed by atoms with Gasteiger partial charge in [-0.15, -0.1) is 11.3 Å². The molecule has 0 amide bonds. The molecule has 0 aliphatic carbocycles. The highest BCUT2D eigenvalue weighted by molar-refractivity contribution is 7.09. The topological polar surface area (TPSA) is 24.9 Å².